The van der Waals surface area contributed by atoms with Gasteiger partial charge in [-0.05, 0) is 43.9 Å². The van der Waals surface area contributed by atoms with Crippen LogP contribution < -0.4 is 10.1 Å². The van der Waals surface area contributed by atoms with Crippen LogP contribution in [0.4, 0.5) is 10.5 Å². The van der Waals surface area contributed by atoms with Crippen molar-refractivity contribution in [2.75, 3.05) is 32.6 Å². The first kappa shape index (κ1) is 24.4. The van der Waals surface area contributed by atoms with Crippen LogP contribution in [0.25, 0.3) is 22.2 Å². The molecule has 5 rings (SSSR count). The minimum Gasteiger partial charge on any atom is -0.496 e. The number of piperidine rings is 1. The van der Waals surface area contributed by atoms with Gasteiger partial charge in [0.15, 0.2) is 0 Å². The predicted molar refractivity (Wildman–Crippen MR) is 140 cm³/mol. The molecule has 1 aliphatic heterocycles. The van der Waals surface area contributed by atoms with Gasteiger partial charge < -0.3 is 19.7 Å². The summed E-state index contributed by atoms with van der Waals surface area (Å²) in [5.41, 5.74) is 5.49. The van der Waals surface area contributed by atoms with Gasteiger partial charge in [-0.3, -0.25) is 14.6 Å². The molecule has 192 valence electrons. The number of carbonyl (C=O) groups excluding carboxylic acids is 2. The number of nitrogens with zero attached hydrogens (tertiary/aromatic N) is 4. The number of benzene rings is 2. The molecule has 37 heavy (non-hydrogen) atoms. The summed E-state index contributed by atoms with van der Waals surface area (Å²) in [7, 11) is 2.94. The SMILES string of the molecule is COC(=O)N1CCC(n2cc(-c3n[nH]c4cc(OC)c(C(=O)Nc5c(C)cccc5C)cc34)cn2)CC1. The Labute approximate surface area is 214 Å². The van der Waals surface area contributed by atoms with Gasteiger partial charge in [-0.2, -0.15) is 10.2 Å². The van der Waals surface area contributed by atoms with E-state index >= 15 is 0 Å². The number of anilines is 1. The molecule has 2 amide bonds. The fourth-order valence-electron chi connectivity index (χ4n) is 4.91. The van der Waals surface area contributed by atoms with E-state index in [1.165, 1.54) is 7.11 Å². The first-order valence-corrected chi connectivity index (χ1v) is 12.2. The molecule has 0 unspecified atom stereocenters. The lowest BCUT2D eigenvalue weighted by Gasteiger charge is -2.30. The Hall–Kier alpha value is -4.34. The monoisotopic (exact) mass is 502 g/mol. The Balaban J connectivity index is 1.42. The summed E-state index contributed by atoms with van der Waals surface area (Å²) in [6.45, 7) is 5.18. The molecule has 0 bridgehead atoms. The van der Waals surface area contributed by atoms with Crippen molar-refractivity contribution in [2.24, 2.45) is 0 Å². The van der Waals surface area contributed by atoms with Crippen molar-refractivity contribution >= 4 is 28.6 Å². The molecule has 10 heteroatoms. The number of aryl methyl sites for hydroxylation is 2. The number of para-hydroxylation sites is 1. The summed E-state index contributed by atoms with van der Waals surface area (Å²) < 4.78 is 12.3. The van der Waals surface area contributed by atoms with Crippen LogP contribution in [0.2, 0.25) is 0 Å². The summed E-state index contributed by atoms with van der Waals surface area (Å²) in [4.78, 5) is 26.8. The molecule has 4 aromatic rings. The van der Waals surface area contributed by atoms with E-state index in [-0.39, 0.29) is 18.0 Å². The van der Waals surface area contributed by atoms with E-state index in [0.717, 1.165) is 46.1 Å². The van der Waals surface area contributed by atoms with Crippen LogP contribution >= 0.6 is 0 Å². The van der Waals surface area contributed by atoms with E-state index in [9.17, 15) is 9.59 Å². The van der Waals surface area contributed by atoms with E-state index in [2.05, 4.69) is 20.6 Å². The third-order valence-electron chi connectivity index (χ3n) is 6.99. The second-order valence-electron chi connectivity index (χ2n) is 9.29. The van der Waals surface area contributed by atoms with Crippen molar-refractivity contribution in [3.63, 3.8) is 0 Å². The number of aromatic amines is 1. The average Bonchev–Trinajstić information content (AvgIpc) is 3.56. The lowest BCUT2D eigenvalue weighted by atomic mass is 10.0. The number of likely N-dealkylation sites (tertiary alicyclic amines) is 1. The van der Waals surface area contributed by atoms with E-state index in [1.54, 1.807) is 24.3 Å². The number of ether oxygens (including phenoxy) is 2. The maximum Gasteiger partial charge on any atom is 0.409 e. The van der Waals surface area contributed by atoms with Gasteiger partial charge in [0.2, 0.25) is 0 Å². The van der Waals surface area contributed by atoms with Crippen molar-refractivity contribution < 1.29 is 19.1 Å². The normalized spacial score (nSPS) is 14.1. The van der Waals surface area contributed by atoms with Crippen LogP contribution in [-0.4, -0.2) is 64.2 Å². The van der Waals surface area contributed by atoms with Crippen LogP contribution in [-0.2, 0) is 4.74 Å². The number of rotatable bonds is 5. The third kappa shape index (κ3) is 4.62. The summed E-state index contributed by atoms with van der Waals surface area (Å²) in [5.74, 6) is 0.204. The molecule has 1 fully saturated rings. The van der Waals surface area contributed by atoms with Crippen LogP contribution in [0, 0.1) is 13.8 Å². The number of methoxy groups -OCH3 is 2. The van der Waals surface area contributed by atoms with Crippen LogP contribution in [0.1, 0.15) is 40.4 Å². The fraction of sp³-hybridized carbons (Fsp3) is 0.333. The number of carbonyl (C=O) groups is 2. The molecular formula is C27H30N6O4. The highest BCUT2D eigenvalue weighted by molar-refractivity contribution is 6.10. The molecule has 3 heterocycles. The molecule has 0 spiro atoms. The quantitative estimate of drug-likeness (QED) is 0.409. The van der Waals surface area contributed by atoms with Gasteiger partial charge in [0.25, 0.3) is 5.91 Å². The van der Waals surface area contributed by atoms with Gasteiger partial charge >= 0.3 is 6.09 Å². The maximum absolute atomic E-state index is 13.3. The maximum atomic E-state index is 13.3. The van der Waals surface area contributed by atoms with Crippen molar-refractivity contribution in [2.45, 2.75) is 32.7 Å². The van der Waals surface area contributed by atoms with E-state index in [0.29, 0.717) is 30.1 Å². The first-order chi connectivity index (χ1) is 17.9. The minimum atomic E-state index is -0.296. The molecular weight excluding hydrogens is 472 g/mol. The molecule has 2 aromatic heterocycles. The number of nitrogens with one attached hydrogen (secondary N) is 2. The number of fused-ring (bicyclic) bond motifs is 1. The lowest BCUT2D eigenvalue weighted by Crippen LogP contribution is -2.39. The molecule has 2 N–H and O–H groups in total. The molecule has 1 aliphatic rings. The molecule has 10 nitrogen and oxygen atoms in total. The van der Waals surface area contributed by atoms with E-state index in [1.807, 2.05) is 49.0 Å². The lowest BCUT2D eigenvalue weighted by molar-refractivity contribution is 0.102. The Morgan fingerprint density at radius 1 is 1.11 bits per heavy atom. The molecule has 2 aromatic carbocycles. The molecule has 0 atom stereocenters. The number of H-pyrrole nitrogens is 1. The number of amides is 2. The molecule has 0 radical (unpaired) electrons. The van der Waals surface area contributed by atoms with Gasteiger partial charge in [0, 0.05) is 42.0 Å². The smallest absolute Gasteiger partial charge is 0.409 e. The third-order valence-corrected chi connectivity index (χ3v) is 6.99. The minimum absolute atomic E-state index is 0.179. The number of hydrogen-bond donors (Lipinski definition) is 2. The summed E-state index contributed by atoms with van der Waals surface area (Å²) in [6.07, 6.45) is 5.03. The van der Waals surface area contributed by atoms with E-state index in [4.69, 9.17) is 9.47 Å². The van der Waals surface area contributed by atoms with Crippen LogP contribution in [0.5, 0.6) is 5.75 Å². The zero-order valence-electron chi connectivity index (χ0n) is 21.4. The largest absolute Gasteiger partial charge is 0.496 e. The number of hydrogen-bond acceptors (Lipinski definition) is 6. The van der Waals surface area contributed by atoms with Crippen molar-refractivity contribution in [3.8, 4) is 17.0 Å². The van der Waals surface area contributed by atoms with Crippen molar-refractivity contribution in [1.29, 1.82) is 0 Å². The first-order valence-electron chi connectivity index (χ1n) is 12.2. The highest BCUT2D eigenvalue weighted by Crippen LogP contribution is 2.33. The zero-order valence-corrected chi connectivity index (χ0v) is 21.4. The van der Waals surface area contributed by atoms with Gasteiger partial charge in [0.05, 0.1) is 37.5 Å². The Bertz CT molecular complexity index is 1440. The van der Waals surface area contributed by atoms with E-state index < -0.39 is 0 Å². The van der Waals surface area contributed by atoms with Crippen molar-refractivity contribution in [3.05, 3.63) is 59.4 Å². The van der Waals surface area contributed by atoms with Crippen LogP contribution in [0.3, 0.4) is 0 Å². The van der Waals surface area contributed by atoms with Gasteiger partial charge in [-0.25, -0.2) is 4.79 Å². The standard InChI is InChI=1S/C27H30N6O4/c1-16-6-5-7-17(2)24(16)29-26(34)21-12-20-22(13-23(21)36-3)30-31-25(20)18-14-28-33(15-18)19-8-10-32(11-9-19)27(35)37-4/h5-7,12-15,19H,8-11H2,1-4H3,(H,29,34)(H,30,31). The van der Waals surface area contributed by atoms with Gasteiger partial charge in [-0.1, -0.05) is 18.2 Å². The van der Waals surface area contributed by atoms with Crippen LogP contribution in [0.15, 0.2) is 42.7 Å². The van der Waals surface area contributed by atoms with Crippen molar-refractivity contribution in [1.82, 2.24) is 24.9 Å². The molecule has 0 saturated carbocycles. The number of aromatic nitrogens is 4. The Kier molecular flexibility index (Phi) is 6.56. The van der Waals surface area contributed by atoms with Gasteiger partial charge in [-0.15, -0.1) is 0 Å². The highest BCUT2D eigenvalue weighted by Gasteiger charge is 2.25. The molecule has 1 saturated heterocycles. The topological polar surface area (TPSA) is 114 Å². The zero-order chi connectivity index (χ0) is 26.1. The Morgan fingerprint density at radius 3 is 2.51 bits per heavy atom. The second-order valence-corrected chi connectivity index (χ2v) is 9.29. The second kappa shape index (κ2) is 9.96. The Morgan fingerprint density at radius 2 is 1.84 bits per heavy atom. The molecule has 0 aliphatic carbocycles. The fourth-order valence-corrected chi connectivity index (χ4v) is 4.91. The predicted octanol–water partition coefficient (Wildman–Crippen LogP) is 4.71. The average molecular weight is 503 g/mol. The summed E-state index contributed by atoms with van der Waals surface area (Å²) >= 11 is 0. The van der Waals surface area contributed by atoms with Gasteiger partial charge in [0.1, 0.15) is 11.4 Å². The summed E-state index contributed by atoms with van der Waals surface area (Å²) in [5, 5.41) is 16.0. The summed E-state index contributed by atoms with van der Waals surface area (Å²) in [6, 6.07) is 9.68. The highest BCUT2D eigenvalue weighted by atomic mass is 16.5.